The van der Waals surface area contributed by atoms with Gasteiger partial charge in [-0.15, -0.1) is 11.3 Å². The van der Waals surface area contributed by atoms with E-state index < -0.39 is 5.97 Å². The van der Waals surface area contributed by atoms with Crippen molar-refractivity contribution in [3.05, 3.63) is 58.6 Å². The molecule has 0 fully saturated rings. The minimum atomic E-state index is -0.833. The fraction of sp³-hybridized carbons (Fsp3) is 0.250. The van der Waals surface area contributed by atoms with Crippen molar-refractivity contribution in [1.82, 2.24) is 4.98 Å². The lowest BCUT2D eigenvalue weighted by atomic mass is 10.0. The van der Waals surface area contributed by atoms with E-state index in [1.807, 2.05) is 11.6 Å². The summed E-state index contributed by atoms with van der Waals surface area (Å²) >= 11 is 1.64. The number of rotatable bonds is 4. The minimum Gasteiger partial charge on any atom is -0.481 e. The van der Waals surface area contributed by atoms with E-state index in [1.165, 1.54) is 17.6 Å². The Morgan fingerprint density at radius 1 is 1.35 bits per heavy atom. The Kier molecular flexibility index (Phi) is 7.29. The van der Waals surface area contributed by atoms with Gasteiger partial charge in [-0.25, -0.2) is 4.98 Å². The topological polar surface area (TPSA) is 50.2 Å². The molecule has 2 rings (SSSR count). The number of carboxylic acids is 1. The van der Waals surface area contributed by atoms with Gasteiger partial charge in [0, 0.05) is 17.9 Å². The average molecular weight is 289 g/mol. The minimum absolute atomic E-state index is 0.833. The Morgan fingerprint density at radius 3 is 2.50 bits per heavy atom. The number of hydrogen-bond donors (Lipinski definition) is 1. The van der Waals surface area contributed by atoms with Gasteiger partial charge in [0.25, 0.3) is 5.97 Å². The number of carboxylic acid groups (broad SMARTS) is 1. The largest absolute Gasteiger partial charge is 0.481 e. The van der Waals surface area contributed by atoms with E-state index in [4.69, 9.17) is 9.90 Å². The van der Waals surface area contributed by atoms with Crippen molar-refractivity contribution in [3.63, 3.8) is 0 Å². The van der Waals surface area contributed by atoms with Crippen molar-refractivity contribution < 1.29 is 9.90 Å². The first-order valence-corrected chi connectivity index (χ1v) is 7.43. The number of unbranched alkanes of at least 4 members (excludes halogenated alkanes) is 1. The molecule has 0 spiro atoms. The van der Waals surface area contributed by atoms with Crippen molar-refractivity contribution in [2.75, 3.05) is 0 Å². The number of benzene rings is 1. The molecule has 1 aromatic heterocycles. The van der Waals surface area contributed by atoms with Gasteiger partial charge < -0.3 is 5.11 Å². The molecule has 20 heavy (non-hydrogen) atoms. The summed E-state index contributed by atoms with van der Waals surface area (Å²) in [5, 5.41) is 9.52. The van der Waals surface area contributed by atoms with E-state index in [2.05, 4.69) is 47.6 Å². The Balaban J connectivity index is 0.000000444. The first-order valence-electron chi connectivity index (χ1n) is 6.48. The molecule has 0 amide bonds. The highest BCUT2D eigenvalue weighted by Crippen LogP contribution is 2.23. The van der Waals surface area contributed by atoms with E-state index in [0.717, 1.165) is 19.0 Å². The van der Waals surface area contributed by atoms with Gasteiger partial charge in [-0.3, -0.25) is 4.79 Å². The van der Waals surface area contributed by atoms with Crippen molar-refractivity contribution >= 4 is 22.9 Å². The number of nitrogens with zero attached hydrogens (tertiary/aromatic N) is 1. The third-order valence-electron chi connectivity index (χ3n) is 2.43. The van der Waals surface area contributed by atoms with Crippen LogP contribution in [-0.2, 0) is 4.79 Å². The molecule has 4 heteroatoms. The second-order valence-corrected chi connectivity index (χ2v) is 4.88. The zero-order valence-electron chi connectivity index (χ0n) is 11.7. The van der Waals surface area contributed by atoms with Crippen LogP contribution in [0.4, 0.5) is 0 Å². The molecule has 1 N–H and O–H groups in total. The molecular weight excluding hydrogens is 270 g/mol. The molecule has 106 valence electrons. The van der Waals surface area contributed by atoms with Crippen LogP contribution in [0.3, 0.4) is 0 Å². The van der Waals surface area contributed by atoms with E-state index in [0.29, 0.717) is 0 Å². The third kappa shape index (κ3) is 5.80. The van der Waals surface area contributed by atoms with Gasteiger partial charge in [0.2, 0.25) is 0 Å². The van der Waals surface area contributed by atoms with Crippen LogP contribution in [-0.4, -0.2) is 16.1 Å². The lowest BCUT2D eigenvalue weighted by Gasteiger charge is -2.04. The van der Waals surface area contributed by atoms with Gasteiger partial charge in [-0.2, -0.15) is 0 Å². The molecule has 0 radical (unpaired) electrons. The number of aliphatic carboxylic acids is 1. The molecule has 0 atom stereocenters. The first-order chi connectivity index (χ1) is 9.65. The first kappa shape index (κ1) is 16.1. The summed E-state index contributed by atoms with van der Waals surface area (Å²) in [5.41, 5.74) is 5.48. The summed E-state index contributed by atoms with van der Waals surface area (Å²) in [5.74, 6) is -0.833. The number of allylic oxidation sites excluding steroid dienone is 1. The Hall–Kier alpha value is -1.94. The van der Waals surface area contributed by atoms with Crippen molar-refractivity contribution in [2.45, 2.75) is 26.7 Å². The van der Waals surface area contributed by atoms with E-state index in [-0.39, 0.29) is 0 Å². The zero-order chi connectivity index (χ0) is 14.8. The van der Waals surface area contributed by atoms with Gasteiger partial charge in [-0.05, 0) is 12.0 Å². The van der Waals surface area contributed by atoms with Gasteiger partial charge in [-0.1, -0.05) is 49.8 Å². The molecular formula is C16H19NO2S. The van der Waals surface area contributed by atoms with Gasteiger partial charge in [0.1, 0.15) is 0 Å². The van der Waals surface area contributed by atoms with Crippen LogP contribution in [0.5, 0.6) is 0 Å². The molecule has 2 aromatic rings. The van der Waals surface area contributed by atoms with Crippen molar-refractivity contribution in [2.24, 2.45) is 0 Å². The molecule has 0 bridgehead atoms. The van der Waals surface area contributed by atoms with Gasteiger partial charge >= 0.3 is 0 Å². The predicted octanol–water partition coefficient (Wildman–Crippen LogP) is 4.47. The fourth-order valence-electron chi connectivity index (χ4n) is 1.62. The normalized spacial score (nSPS) is 10.6. The zero-order valence-corrected chi connectivity index (χ0v) is 12.6. The Morgan fingerprint density at radius 2 is 2.00 bits per heavy atom. The number of thiazole rings is 1. The van der Waals surface area contributed by atoms with Crippen LogP contribution in [0, 0.1) is 0 Å². The number of carbonyl (C=O) groups is 1. The van der Waals surface area contributed by atoms with Crippen LogP contribution < -0.4 is 0 Å². The fourth-order valence-corrected chi connectivity index (χ4v) is 2.17. The molecule has 0 aliphatic heterocycles. The van der Waals surface area contributed by atoms with Crippen LogP contribution >= 0.6 is 11.3 Å². The maximum atomic E-state index is 9.00. The predicted molar refractivity (Wildman–Crippen MR) is 83.9 cm³/mol. The van der Waals surface area contributed by atoms with E-state index in [9.17, 15) is 0 Å². The van der Waals surface area contributed by atoms with E-state index >= 15 is 0 Å². The van der Waals surface area contributed by atoms with Crippen LogP contribution in [0.25, 0.3) is 5.57 Å². The van der Waals surface area contributed by atoms with Crippen LogP contribution in [0.1, 0.15) is 37.9 Å². The maximum absolute atomic E-state index is 9.00. The van der Waals surface area contributed by atoms with Crippen molar-refractivity contribution in [1.29, 1.82) is 0 Å². The number of aromatic nitrogens is 1. The Labute approximate surface area is 123 Å². The lowest BCUT2D eigenvalue weighted by molar-refractivity contribution is -0.134. The smallest absolute Gasteiger partial charge is 0.300 e. The monoisotopic (exact) mass is 289 g/mol. The highest BCUT2D eigenvalue weighted by Gasteiger charge is 2.05. The molecule has 0 saturated heterocycles. The quantitative estimate of drug-likeness (QED) is 0.903. The van der Waals surface area contributed by atoms with Crippen LogP contribution in [0.2, 0.25) is 0 Å². The second-order valence-electron chi connectivity index (χ2n) is 4.17. The van der Waals surface area contributed by atoms with Crippen molar-refractivity contribution in [3.8, 4) is 0 Å². The van der Waals surface area contributed by atoms with E-state index in [1.54, 1.807) is 11.3 Å². The molecule has 0 aliphatic rings. The molecule has 0 saturated carbocycles. The summed E-state index contributed by atoms with van der Waals surface area (Å²) in [4.78, 5) is 13.4. The lowest BCUT2D eigenvalue weighted by Crippen LogP contribution is -1.87. The average Bonchev–Trinajstić information content (AvgIpc) is 2.94. The summed E-state index contributed by atoms with van der Waals surface area (Å²) in [7, 11) is 0. The highest BCUT2D eigenvalue weighted by atomic mass is 32.1. The summed E-state index contributed by atoms with van der Waals surface area (Å²) in [6.07, 6.45) is 4.55. The summed E-state index contributed by atoms with van der Waals surface area (Å²) in [6, 6.07) is 10.5. The van der Waals surface area contributed by atoms with Gasteiger partial charge in [0.15, 0.2) is 0 Å². The molecule has 1 heterocycles. The molecule has 1 aromatic carbocycles. The summed E-state index contributed by atoms with van der Waals surface area (Å²) < 4.78 is 0. The summed E-state index contributed by atoms with van der Waals surface area (Å²) in [6.45, 7) is 3.28. The van der Waals surface area contributed by atoms with Crippen LogP contribution in [0.15, 0.2) is 47.3 Å². The van der Waals surface area contributed by atoms with Gasteiger partial charge in [0.05, 0.1) is 11.2 Å². The standard InChI is InChI=1S/C14H15NS.C2H4O2/c1-2-3-9-13(14-10-16-11-15-14)12-7-5-4-6-8-12;1-2(3)4/h4-11H,2-3H2,1H3;1H3,(H,3,4)/b13-9-;. The SMILES string of the molecule is CC(=O)O.CCC/C=C(/c1ccccc1)c1cscn1. The molecule has 3 nitrogen and oxygen atoms in total. The highest BCUT2D eigenvalue weighted by molar-refractivity contribution is 7.07. The molecule has 0 aliphatic carbocycles. The molecule has 0 unspecified atom stereocenters. The number of hydrogen-bond acceptors (Lipinski definition) is 3. The third-order valence-corrected chi connectivity index (χ3v) is 3.02. The Bertz CT molecular complexity index is 529. The second kappa shape index (κ2) is 9.04. The maximum Gasteiger partial charge on any atom is 0.300 e.